The highest BCUT2D eigenvalue weighted by Gasteiger charge is 2.38. The Balaban J connectivity index is 2.87. The van der Waals surface area contributed by atoms with Gasteiger partial charge >= 0.3 is 17.7 Å². The van der Waals surface area contributed by atoms with E-state index in [-0.39, 0.29) is 6.61 Å². The Bertz CT molecular complexity index is 313. The second kappa shape index (κ2) is 3.26. The van der Waals surface area contributed by atoms with Gasteiger partial charge in [-0.25, -0.2) is 9.59 Å². The van der Waals surface area contributed by atoms with Gasteiger partial charge in [-0.1, -0.05) is 0 Å². The molecule has 0 aromatic heterocycles. The predicted octanol–water partition coefficient (Wildman–Crippen LogP) is -0.555. The lowest BCUT2D eigenvalue weighted by molar-refractivity contribution is -0.151. The van der Waals surface area contributed by atoms with Crippen molar-refractivity contribution in [3.05, 3.63) is 11.5 Å². The Morgan fingerprint density at radius 2 is 2.15 bits per heavy atom. The van der Waals surface area contributed by atoms with Crippen LogP contribution in [0.5, 0.6) is 0 Å². The van der Waals surface area contributed by atoms with Gasteiger partial charge < -0.3 is 14.6 Å². The van der Waals surface area contributed by atoms with E-state index in [0.29, 0.717) is 0 Å². The Kier molecular flexibility index (Phi) is 2.32. The van der Waals surface area contributed by atoms with Crippen LogP contribution in [0.2, 0.25) is 0 Å². The standard InChI is InChI=1S/C7H6O6/c1-2-12-7(11)5-3(8)4(9)6(10)13-5/h8H,2H2,1H3. The van der Waals surface area contributed by atoms with E-state index in [9.17, 15) is 14.4 Å². The highest BCUT2D eigenvalue weighted by atomic mass is 16.6. The summed E-state index contributed by atoms with van der Waals surface area (Å²) < 4.78 is 8.57. The molecular formula is C7H6O6. The average Bonchev–Trinajstić information content (AvgIpc) is 2.33. The molecule has 13 heavy (non-hydrogen) atoms. The molecule has 1 N–H and O–H groups in total. The van der Waals surface area contributed by atoms with Gasteiger partial charge in [0.25, 0.3) is 5.76 Å². The van der Waals surface area contributed by atoms with Crippen LogP contribution in [0.3, 0.4) is 0 Å². The minimum atomic E-state index is -1.28. The molecule has 0 aliphatic carbocycles. The summed E-state index contributed by atoms with van der Waals surface area (Å²) in [5.41, 5.74) is 0. The van der Waals surface area contributed by atoms with Gasteiger partial charge in [-0.15, -0.1) is 0 Å². The number of esters is 2. The number of aliphatic hydroxyl groups excluding tert-OH is 1. The fourth-order valence-electron chi connectivity index (χ4n) is 0.722. The van der Waals surface area contributed by atoms with Gasteiger partial charge in [0.2, 0.25) is 5.76 Å². The third-order valence-electron chi connectivity index (χ3n) is 1.27. The fraction of sp³-hybridized carbons (Fsp3) is 0.286. The summed E-state index contributed by atoms with van der Waals surface area (Å²) in [6.45, 7) is 1.59. The van der Waals surface area contributed by atoms with Gasteiger partial charge in [-0.3, -0.25) is 4.79 Å². The molecule has 0 aromatic carbocycles. The lowest BCUT2D eigenvalue weighted by Gasteiger charge is -1.99. The summed E-state index contributed by atoms with van der Waals surface area (Å²) in [4.78, 5) is 32.0. The second-order valence-corrected chi connectivity index (χ2v) is 2.12. The first kappa shape index (κ1) is 9.24. The van der Waals surface area contributed by atoms with E-state index in [2.05, 4.69) is 9.47 Å². The number of aliphatic hydroxyl groups is 1. The molecule has 0 spiro atoms. The molecule has 0 aromatic rings. The molecule has 6 nitrogen and oxygen atoms in total. The molecule has 0 bridgehead atoms. The minimum absolute atomic E-state index is 0.0569. The second-order valence-electron chi connectivity index (χ2n) is 2.12. The van der Waals surface area contributed by atoms with Crippen molar-refractivity contribution in [2.45, 2.75) is 6.92 Å². The first-order chi connectivity index (χ1) is 6.07. The van der Waals surface area contributed by atoms with Gasteiger partial charge in [0.1, 0.15) is 0 Å². The lowest BCUT2D eigenvalue weighted by atomic mass is 10.3. The van der Waals surface area contributed by atoms with Gasteiger partial charge in [-0.2, -0.15) is 0 Å². The van der Waals surface area contributed by atoms with Crippen LogP contribution in [-0.2, 0) is 23.9 Å². The molecule has 0 saturated carbocycles. The quantitative estimate of drug-likeness (QED) is 0.459. The minimum Gasteiger partial charge on any atom is -0.501 e. The summed E-state index contributed by atoms with van der Waals surface area (Å²) in [5, 5.41) is 8.91. The van der Waals surface area contributed by atoms with E-state index in [0.717, 1.165) is 0 Å². The van der Waals surface area contributed by atoms with Crippen LogP contribution in [0.1, 0.15) is 6.92 Å². The third kappa shape index (κ3) is 1.51. The first-order valence-electron chi connectivity index (χ1n) is 3.44. The number of carbonyl (C=O) groups excluding carboxylic acids is 3. The number of rotatable bonds is 2. The molecule has 0 fully saturated rings. The van der Waals surface area contributed by atoms with E-state index in [1.54, 1.807) is 0 Å². The monoisotopic (exact) mass is 186 g/mol. The maximum absolute atomic E-state index is 10.9. The van der Waals surface area contributed by atoms with E-state index in [4.69, 9.17) is 5.11 Å². The Morgan fingerprint density at radius 3 is 2.54 bits per heavy atom. The van der Waals surface area contributed by atoms with Crippen LogP contribution >= 0.6 is 0 Å². The van der Waals surface area contributed by atoms with Gasteiger partial charge in [0.05, 0.1) is 6.61 Å². The fourth-order valence-corrected chi connectivity index (χ4v) is 0.722. The largest absolute Gasteiger partial charge is 0.501 e. The summed E-state index contributed by atoms with van der Waals surface area (Å²) >= 11 is 0. The topological polar surface area (TPSA) is 89.9 Å². The van der Waals surface area contributed by atoms with Crippen LogP contribution < -0.4 is 0 Å². The molecular weight excluding hydrogens is 180 g/mol. The maximum atomic E-state index is 10.9. The molecule has 0 saturated heterocycles. The number of ether oxygens (including phenoxy) is 2. The van der Waals surface area contributed by atoms with Gasteiger partial charge in [0, 0.05) is 0 Å². The van der Waals surface area contributed by atoms with Crippen molar-refractivity contribution in [3.8, 4) is 0 Å². The van der Waals surface area contributed by atoms with Crippen LogP contribution in [0.25, 0.3) is 0 Å². The lowest BCUT2D eigenvalue weighted by Crippen LogP contribution is -2.10. The zero-order valence-corrected chi connectivity index (χ0v) is 6.70. The zero-order valence-electron chi connectivity index (χ0n) is 6.70. The summed E-state index contributed by atoms with van der Waals surface area (Å²) in [5.74, 6) is -5.27. The molecule has 1 aliphatic rings. The number of Topliss-reactive ketones (excluding diaryl/α,β-unsaturated/α-hetero) is 1. The van der Waals surface area contributed by atoms with Crippen LogP contribution in [0, 0.1) is 0 Å². The number of ketones is 1. The van der Waals surface area contributed by atoms with Crippen molar-refractivity contribution in [3.63, 3.8) is 0 Å². The van der Waals surface area contributed by atoms with Crippen LogP contribution in [-0.4, -0.2) is 29.4 Å². The third-order valence-corrected chi connectivity index (χ3v) is 1.27. The number of cyclic esters (lactones) is 1. The molecule has 0 amide bonds. The van der Waals surface area contributed by atoms with Crippen LogP contribution in [0.15, 0.2) is 11.5 Å². The number of hydrogen-bond acceptors (Lipinski definition) is 6. The number of carbonyl (C=O) groups is 3. The molecule has 0 atom stereocenters. The number of hydrogen-bond donors (Lipinski definition) is 1. The normalized spacial score (nSPS) is 16.1. The van der Waals surface area contributed by atoms with Crippen molar-refractivity contribution < 1.29 is 29.0 Å². The molecule has 70 valence electrons. The molecule has 1 aliphatic heterocycles. The Labute approximate surface area is 72.7 Å². The first-order valence-corrected chi connectivity index (χ1v) is 3.44. The van der Waals surface area contributed by atoms with Gasteiger partial charge in [0.15, 0.2) is 0 Å². The molecule has 1 rings (SSSR count). The highest BCUT2D eigenvalue weighted by Crippen LogP contribution is 2.15. The van der Waals surface area contributed by atoms with Crippen molar-refractivity contribution in [1.82, 2.24) is 0 Å². The van der Waals surface area contributed by atoms with Gasteiger partial charge in [-0.05, 0) is 6.92 Å². The maximum Gasteiger partial charge on any atom is 0.388 e. The Hall–Kier alpha value is -1.85. The van der Waals surface area contributed by atoms with Crippen molar-refractivity contribution in [1.29, 1.82) is 0 Å². The van der Waals surface area contributed by atoms with Crippen molar-refractivity contribution in [2.24, 2.45) is 0 Å². The predicted molar refractivity (Wildman–Crippen MR) is 37.4 cm³/mol. The molecule has 6 heteroatoms. The highest BCUT2D eigenvalue weighted by molar-refractivity contribution is 6.43. The van der Waals surface area contributed by atoms with Crippen LogP contribution in [0.4, 0.5) is 0 Å². The van der Waals surface area contributed by atoms with E-state index in [1.807, 2.05) is 0 Å². The smallest absolute Gasteiger partial charge is 0.388 e. The average molecular weight is 186 g/mol. The molecule has 0 unspecified atom stereocenters. The Morgan fingerprint density at radius 1 is 1.54 bits per heavy atom. The van der Waals surface area contributed by atoms with E-state index in [1.165, 1.54) is 6.92 Å². The summed E-state index contributed by atoms with van der Waals surface area (Å²) in [7, 11) is 0. The van der Waals surface area contributed by atoms with Crippen molar-refractivity contribution >= 4 is 17.7 Å². The van der Waals surface area contributed by atoms with E-state index >= 15 is 0 Å². The van der Waals surface area contributed by atoms with Crippen molar-refractivity contribution in [2.75, 3.05) is 6.61 Å². The molecule has 1 heterocycles. The SMILES string of the molecule is CCOC(=O)C1=C(O)C(=O)C(=O)O1. The zero-order chi connectivity index (χ0) is 10.0. The summed E-state index contributed by atoms with van der Waals surface area (Å²) in [6.07, 6.45) is 0. The van der Waals surface area contributed by atoms with E-state index < -0.39 is 29.2 Å². The summed E-state index contributed by atoms with van der Waals surface area (Å²) in [6, 6.07) is 0. The molecule has 0 radical (unpaired) electrons.